The second-order valence-electron chi connectivity index (χ2n) is 3.32. The summed E-state index contributed by atoms with van der Waals surface area (Å²) in [7, 11) is 2.90. The minimum absolute atomic E-state index is 0.0709. The predicted octanol–water partition coefficient (Wildman–Crippen LogP) is 1.48. The smallest absolute Gasteiger partial charge is 0.312 e. The van der Waals surface area contributed by atoms with Gasteiger partial charge in [0, 0.05) is 12.1 Å². The highest BCUT2D eigenvalue weighted by Gasteiger charge is 2.26. The number of methoxy groups -OCH3 is 2. The molecule has 5 nitrogen and oxygen atoms in total. The van der Waals surface area contributed by atoms with E-state index in [0.29, 0.717) is 17.1 Å². The topological polar surface area (TPSA) is 81.8 Å². The van der Waals surface area contributed by atoms with Crippen LogP contribution < -0.4 is 15.2 Å². The summed E-state index contributed by atoms with van der Waals surface area (Å²) in [5, 5.41) is 9.31. The van der Waals surface area contributed by atoms with Gasteiger partial charge in [0.1, 0.15) is 11.5 Å². The standard InChI is InChI=1S/C11H14ClNO4/c1-16-7-3-4-8(17-2)10(12)9(7)6(5-13)11(14)15/h3-4,6H,5,13H2,1-2H3,(H,14,15). The van der Waals surface area contributed by atoms with E-state index in [9.17, 15) is 4.79 Å². The highest BCUT2D eigenvalue weighted by molar-refractivity contribution is 6.33. The van der Waals surface area contributed by atoms with Crippen molar-refractivity contribution in [2.45, 2.75) is 5.92 Å². The van der Waals surface area contributed by atoms with Gasteiger partial charge in [-0.1, -0.05) is 11.6 Å². The number of benzene rings is 1. The number of halogens is 1. The largest absolute Gasteiger partial charge is 0.496 e. The summed E-state index contributed by atoms with van der Waals surface area (Å²) >= 11 is 6.09. The zero-order valence-corrected chi connectivity index (χ0v) is 10.3. The molecule has 0 saturated carbocycles. The maximum Gasteiger partial charge on any atom is 0.312 e. The van der Waals surface area contributed by atoms with Crippen LogP contribution in [0.1, 0.15) is 11.5 Å². The average molecular weight is 260 g/mol. The van der Waals surface area contributed by atoms with E-state index >= 15 is 0 Å². The lowest BCUT2D eigenvalue weighted by Crippen LogP contribution is -2.22. The first kappa shape index (κ1) is 13.6. The Morgan fingerprint density at radius 3 is 2.35 bits per heavy atom. The number of carboxylic acids is 1. The Morgan fingerprint density at radius 1 is 1.41 bits per heavy atom. The van der Waals surface area contributed by atoms with Gasteiger partial charge in [-0.2, -0.15) is 0 Å². The van der Waals surface area contributed by atoms with Gasteiger partial charge in [0.25, 0.3) is 0 Å². The van der Waals surface area contributed by atoms with Gasteiger partial charge in [0.2, 0.25) is 0 Å². The first-order valence-electron chi connectivity index (χ1n) is 4.90. The third-order valence-corrected chi connectivity index (χ3v) is 2.82. The summed E-state index contributed by atoms with van der Waals surface area (Å²) in [6, 6.07) is 3.21. The van der Waals surface area contributed by atoms with Gasteiger partial charge in [-0.3, -0.25) is 4.79 Å². The number of hydrogen-bond acceptors (Lipinski definition) is 4. The Kier molecular flexibility index (Phi) is 4.60. The number of rotatable bonds is 5. The zero-order valence-electron chi connectivity index (χ0n) is 9.57. The molecule has 0 saturated heterocycles. The number of carboxylic acid groups (broad SMARTS) is 1. The first-order chi connectivity index (χ1) is 8.06. The molecular weight excluding hydrogens is 246 g/mol. The highest BCUT2D eigenvalue weighted by atomic mass is 35.5. The lowest BCUT2D eigenvalue weighted by Gasteiger charge is -2.17. The van der Waals surface area contributed by atoms with Crippen molar-refractivity contribution in [2.75, 3.05) is 20.8 Å². The van der Waals surface area contributed by atoms with Crippen molar-refractivity contribution < 1.29 is 19.4 Å². The van der Waals surface area contributed by atoms with Gasteiger partial charge in [0.15, 0.2) is 0 Å². The summed E-state index contributed by atoms with van der Waals surface area (Å²) < 4.78 is 10.1. The normalized spacial score (nSPS) is 12.0. The van der Waals surface area contributed by atoms with Crippen LogP contribution in [0.5, 0.6) is 11.5 Å². The third kappa shape index (κ3) is 2.62. The minimum atomic E-state index is -1.05. The van der Waals surface area contributed by atoms with Crippen molar-refractivity contribution >= 4 is 17.6 Å². The molecule has 1 aromatic rings. The van der Waals surface area contributed by atoms with E-state index in [-0.39, 0.29) is 11.6 Å². The molecule has 0 aliphatic rings. The van der Waals surface area contributed by atoms with Crippen LogP contribution in [0.3, 0.4) is 0 Å². The van der Waals surface area contributed by atoms with Crippen molar-refractivity contribution in [3.8, 4) is 11.5 Å². The molecule has 1 aromatic carbocycles. The quantitative estimate of drug-likeness (QED) is 0.837. The molecule has 17 heavy (non-hydrogen) atoms. The van der Waals surface area contributed by atoms with Crippen molar-refractivity contribution in [2.24, 2.45) is 5.73 Å². The SMILES string of the molecule is COc1ccc(OC)c(C(CN)C(=O)O)c1Cl. The van der Waals surface area contributed by atoms with Crippen molar-refractivity contribution in [3.63, 3.8) is 0 Å². The lowest BCUT2D eigenvalue weighted by atomic mass is 9.98. The van der Waals surface area contributed by atoms with Crippen molar-refractivity contribution in [1.29, 1.82) is 0 Å². The molecule has 0 heterocycles. The molecule has 0 amide bonds. The van der Waals surface area contributed by atoms with Crippen LogP contribution in [0.25, 0.3) is 0 Å². The van der Waals surface area contributed by atoms with Crippen LogP contribution in [0.2, 0.25) is 5.02 Å². The second-order valence-corrected chi connectivity index (χ2v) is 3.70. The molecule has 0 spiro atoms. The maximum atomic E-state index is 11.1. The molecule has 1 atom stereocenters. The van der Waals surface area contributed by atoms with Crippen LogP contribution >= 0.6 is 11.6 Å². The fraction of sp³-hybridized carbons (Fsp3) is 0.364. The molecule has 1 unspecified atom stereocenters. The summed E-state index contributed by atoms with van der Waals surface area (Å²) in [5.41, 5.74) is 5.79. The first-order valence-corrected chi connectivity index (χ1v) is 5.27. The number of nitrogens with two attached hydrogens (primary N) is 1. The fourth-order valence-corrected chi connectivity index (χ4v) is 1.92. The van der Waals surface area contributed by atoms with Crippen molar-refractivity contribution in [1.82, 2.24) is 0 Å². The fourth-order valence-electron chi connectivity index (χ4n) is 1.56. The molecule has 0 aromatic heterocycles. The van der Waals surface area contributed by atoms with E-state index in [0.717, 1.165) is 0 Å². The maximum absolute atomic E-state index is 11.1. The zero-order chi connectivity index (χ0) is 13.0. The Labute approximate surface area is 104 Å². The molecule has 3 N–H and O–H groups in total. The van der Waals surface area contributed by atoms with E-state index in [2.05, 4.69) is 0 Å². The number of hydrogen-bond donors (Lipinski definition) is 2. The minimum Gasteiger partial charge on any atom is -0.496 e. The molecule has 0 radical (unpaired) electrons. The summed E-state index contributed by atoms with van der Waals surface area (Å²) in [6.45, 7) is -0.0709. The molecule has 6 heteroatoms. The van der Waals surface area contributed by atoms with Gasteiger partial charge in [-0.15, -0.1) is 0 Å². The average Bonchev–Trinajstić information content (AvgIpc) is 2.31. The summed E-state index contributed by atoms with van der Waals surface area (Å²) in [4.78, 5) is 11.1. The lowest BCUT2D eigenvalue weighted by molar-refractivity contribution is -0.138. The van der Waals surface area contributed by atoms with Gasteiger partial charge >= 0.3 is 5.97 Å². The number of carbonyl (C=O) groups is 1. The Hall–Kier alpha value is -1.46. The van der Waals surface area contributed by atoms with E-state index in [1.165, 1.54) is 14.2 Å². The molecule has 1 rings (SSSR count). The van der Waals surface area contributed by atoms with Crippen LogP contribution in [-0.2, 0) is 4.79 Å². The van der Waals surface area contributed by atoms with E-state index in [1.54, 1.807) is 12.1 Å². The Bertz CT molecular complexity index is 422. The summed E-state index contributed by atoms with van der Waals surface area (Å²) in [6.07, 6.45) is 0. The van der Waals surface area contributed by atoms with Crippen LogP contribution in [-0.4, -0.2) is 31.8 Å². The van der Waals surface area contributed by atoms with Crippen LogP contribution in [0, 0.1) is 0 Å². The Balaban J connectivity index is 3.40. The molecule has 0 aliphatic heterocycles. The highest BCUT2D eigenvalue weighted by Crippen LogP contribution is 2.39. The van der Waals surface area contributed by atoms with Crippen LogP contribution in [0.4, 0.5) is 0 Å². The third-order valence-electron chi connectivity index (χ3n) is 2.43. The van der Waals surface area contributed by atoms with Gasteiger partial charge in [0.05, 0.1) is 25.2 Å². The molecule has 0 fully saturated rings. The number of aliphatic carboxylic acids is 1. The van der Waals surface area contributed by atoms with E-state index < -0.39 is 11.9 Å². The molecule has 94 valence electrons. The van der Waals surface area contributed by atoms with E-state index in [1.807, 2.05) is 0 Å². The van der Waals surface area contributed by atoms with Crippen LogP contribution in [0.15, 0.2) is 12.1 Å². The molecule has 0 bridgehead atoms. The van der Waals surface area contributed by atoms with Gasteiger partial charge in [-0.25, -0.2) is 0 Å². The Morgan fingerprint density at radius 2 is 1.94 bits per heavy atom. The second kappa shape index (κ2) is 5.75. The summed E-state index contributed by atoms with van der Waals surface area (Å²) in [5.74, 6) is -1.20. The predicted molar refractivity (Wildman–Crippen MR) is 64.0 cm³/mol. The molecule has 0 aliphatic carbocycles. The van der Waals surface area contributed by atoms with E-state index in [4.69, 9.17) is 31.9 Å². The monoisotopic (exact) mass is 259 g/mol. The van der Waals surface area contributed by atoms with Gasteiger partial charge in [-0.05, 0) is 12.1 Å². The van der Waals surface area contributed by atoms with Crippen molar-refractivity contribution in [3.05, 3.63) is 22.7 Å². The molecular formula is C11H14ClNO4. The van der Waals surface area contributed by atoms with Gasteiger partial charge < -0.3 is 20.3 Å². The number of ether oxygens (including phenoxy) is 2.